The molecule has 1 rings (SSSR count). The molecule has 0 saturated heterocycles. The molecule has 7 nitrogen and oxygen atoms in total. The lowest BCUT2D eigenvalue weighted by Crippen LogP contribution is -2.10. The minimum absolute atomic E-state index is 0. The summed E-state index contributed by atoms with van der Waals surface area (Å²) in [6, 6.07) is 9.23. The molecule has 0 saturated carbocycles. The Morgan fingerprint density at radius 2 is 1.06 bits per heavy atom. The molecular formula is C7H21Cl3N2O5. The van der Waals surface area contributed by atoms with Gasteiger partial charge in [0.05, 0.1) is 0 Å². The number of hydrogen-bond donors (Lipinski definition) is 2. The average molecular weight is 320 g/mol. The van der Waals surface area contributed by atoms with Crippen molar-refractivity contribution < 1.29 is 27.4 Å². The van der Waals surface area contributed by atoms with Crippen molar-refractivity contribution in [1.82, 2.24) is 0 Å². The Balaban J connectivity index is -0.0000000169. The van der Waals surface area contributed by atoms with Crippen LogP contribution in [0.4, 0.5) is 0 Å². The summed E-state index contributed by atoms with van der Waals surface area (Å²) in [5.74, 6) is 0.121. The van der Waals surface area contributed by atoms with E-state index >= 15 is 0 Å². The van der Waals surface area contributed by atoms with E-state index in [1.54, 1.807) is 0 Å². The summed E-state index contributed by atoms with van der Waals surface area (Å²) in [7, 11) is 0. The van der Waals surface area contributed by atoms with Gasteiger partial charge in [0.1, 0.15) is 5.84 Å². The molecule has 0 aliphatic heterocycles. The van der Waals surface area contributed by atoms with Gasteiger partial charge >= 0.3 is 0 Å². The maximum absolute atomic E-state index is 7.01. The first-order valence-corrected chi connectivity index (χ1v) is 2.70. The summed E-state index contributed by atoms with van der Waals surface area (Å²) in [5.41, 5.74) is 5.97. The van der Waals surface area contributed by atoms with Crippen LogP contribution in [0, 0.1) is 5.41 Å². The fourth-order valence-electron chi connectivity index (χ4n) is 0.618. The van der Waals surface area contributed by atoms with Gasteiger partial charge in [0.2, 0.25) is 0 Å². The van der Waals surface area contributed by atoms with Gasteiger partial charge in [0.25, 0.3) is 0 Å². The second-order valence-electron chi connectivity index (χ2n) is 1.78. The Hall–Kier alpha value is -0.640. The van der Waals surface area contributed by atoms with Crippen LogP contribution in [0.1, 0.15) is 5.56 Å². The molecule has 1 aromatic carbocycles. The molecule has 0 heterocycles. The van der Waals surface area contributed by atoms with E-state index in [0.29, 0.717) is 0 Å². The normalized spacial score (nSPS) is 4.71. The van der Waals surface area contributed by atoms with Crippen LogP contribution in [0.25, 0.3) is 0 Å². The number of amidine groups is 1. The molecular weight excluding hydrogens is 298 g/mol. The second-order valence-corrected chi connectivity index (χ2v) is 1.78. The van der Waals surface area contributed by atoms with Crippen LogP contribution in [0.2, 0.25) is 0 Å². The molecule has 0 unspecified atom stereocenters. The van der Waals surface area contributed by atoms with Crippen LogP contribution in [0.5, 0.6) is 0 Å². The maximum Gasteiger partial charge on any atom is 0.122 e. The lowest BCUT2D eigenvalue weighted by atomic mass is 10.2. The molecule has 13 N–H and O–H groups in total. The maximum atomic E-state index is 7.01. The lowest BCUT2D eigenvalue weighted by molar-refractivity contribution is 0.823. The van der Waals surface area contributed by atoms with Crippen molar-refractivity contribution in [2.24, 2.45) is 5.73 Å². The molecule has 0 amide bonds. The number of nitrogen functional groups attached to an aromatic ring is 1. The highest BCUT2D eigenvalue weighted by molar-refractivity contribution is 5.94. The van der Waals surface area contributed by atoms with Crippen molar-refractivity contribution in [3.8, 4) is 0 Å². The summed E-state index contributed by atoms with van der Waals surface area (Å²) >= 11 is 0. The quantitative estimate of drug-likeness (QED) is 0.441. The molecule has 0 aliphatic rings. The van der Waals surface area contributed by atoms with Crippen molar-refractivity contribution in [1.29, 1.82) is 5.41 Å². The third-order valence-corrected chi connectivity index (χ3v) is 1.08. The summed E-state index contributed by atoms with van der Waals surface area (Å²) < 4.78 is 0. The molecule has 0 radical (unpaired) electrons. The highest BCUT2D eigenvalue weighted by Crippen LogP contribution is 1.94. The van der Waals surface area contributed by atoms with E-state index in [4.69, 9.17) is 11.1 Å². The van der Waals surface area contributed by atoms with Crippen LogP contribution in [0.15, 0.2) is 30.3 Å². The molecule has 0 spiro atoms. The van der Waals surface area contributed by atoms with Gasteiger partial charge in [-0.1, -0.05) is 30.3 Å². The first kappa shape index (κ1) is 55.2. The highest BCUT2D eigenvalue weighted by Gasteiger charge is 1.89. The summed E-state index contributed by atoms with van der Waals surface area (Å²) in [6.07, 6.45) is 0. The largest absolute Gasteiger partial charge is 0.412 e. The molecule has 0 aliphatic carbocycles. The van der Waals surface area contributed by atoms with Crippen molar-refractivity contribution in [3.63, 3.8) is 0 Å². The number of hydrogen-bond acceptors (Lipinski definition) is 1. The van der Waals surface area contributed by atoms with Crippen molar-refractivity contribution in [2.45, 2.75) is 0 Å². The van der Waals surface area contributed by atoms with E-state index in [1.807, 2.05) is 30.3 Å². The molecule has 0 atom stereocenters. The van der Waals surface area contributed by atoms with Crippen molar-refractivity contribution in [3.05, 3.63) is 35.9 Å². The predicted molar refractivity (Wildman–Crippen MR) is 77.3 cm³/mol. The molecule has 110 valence electrons. The number of nitrogens with two attached hydrogens (primary N) is 1. The third-order valence-electron chi connectivity index (χ3n) is 1.08. The van der Waals surface area contributed by atoms with Gasteiger partial charge in [-0.3, -0.25) is 5.41 Å². The first-order valence-electron chi connectivity index (χ1n) is 2.70. The minimum atomic E-state index is 0. The summed E-state index contributed by atoms with van der Waals surface area (Å²) in [6.45, 7) is 0. The first-order chi connectivity index (χ1) is 4.30. The number of halogens is 3. The second kappa shape index (κ2) is 29.5. The average Bonchev–Trinajstić information content (AvgIpc) is 1.90. The number of rotatable bonds is 1. The summed E-state index contributed by atoms with van der Waals surface area (Å²) in [4.78, 5) is 0. The fraction of sp³-hybridized carbons (Fsp3) is 0. The van der Waals surface area contributed by atoms with E-state index in [9.17, 15) is 0 Å². The minimum Gasteiger partial charge on any atom is -0.412 e. The van der Waals surface area contributed by atoms with Gasteiger partial charge in [-0.25, -0.2) is 0 Å². The van der Waals surface area contributed by atoms with E-state index in [2.05, 4.69) is 0 Å². The van der Waals surface area contributed by atoms with Crippen molar-refractivity contribution >= 4 is 43.1 Å². The van der Waals surface area contributed by atoms with E-state index < -0.39 is 0 Å². The monoisotopic (exact) mass is 318 g/mol. The Kier molecular flexibility index (Phi) is 95.9. The zero-order valence-corrected chi connectivity index (χ0v) is 11.1. The van der Waals surface area contributed by atoms with Crippen LogP contribution >= 0.6 is 37.2 Å². The molecule has 0 fully saturated rings. The van der Waals surface area contributed by atoms with Crippen LogP contribution < -0.4 is 5.73 Å². The van der Waals surface area contributed by atoms with Crippen LogP contribution in [-0.4, -0.2) is 33.2 Å². The zero-order valence-electron chi connectivity index (χ0n) is 8.69. The number of benzene rings is 1. The van der Waals surface area contributed by atoms with Gasteiger partial charge < -0.3 is 33.1 Å². The summed E-state index contributed by atoms with van der Waals surface area (Å²) in [5, 5.41) is 7.01. The van der Waals surface area contributed by atoms with Gasteiger partial charge in [-0.05, 0) is 0 Å². The standard InChI is InChI=1S/C7H8N2.3ClH.5H2O/c8-7(9)6-4-2-1-3-5-6;;;;;;;;/h1-5H,(H3,8,9);3*1H;5*1H2. The van der Waals surface area contributed by atoms with Crippen molar-refractivity contribution in [2.75, 3.05) is 0 Å². The Bertz CT molecular complexity index is 228. The van der Waals surface area contributed by atoms with Gasteiger partial charge in [0, 0.05) is 5.56 Å². The zero-order chi connectivity index (χ0) is 6.69. The van der Waals surface area contributed by atoms with Gasteiger partial charge in [0.15, 0.2) is 0 Å². The molecule has 0 aromatic heterocycles. The van der Waals surface area contributed by atoms with E-state index in [-0.39, 0.29) is 70.4 Å². The Morgan fingerprint density at radius 1 is 0.765 bits per heavy atom. The Morgan fingerprint density at radius 3 is 1.24 bits per heavy atom. The molecule has 17 heavy (non-hydrogen) atoms. The van der Waals surface area contributed by atoms with E-state index in [0.717, 1.165) is 5.56 Å². The van der Waals surface area contributed by atoms with Gasteiger partial charge in [-0.15, -0.1) is 37.2 Å². The Labute approximate surface area is 118 Å². The van der Waals surface area contributed by atoms with Gasteiger partial charge in [-0.2, -0.15) is 0 Å². The smallest absolute Gasteiger partial charge is 0.122 e. The SMILES string of the molecule is Cl.Cl.Cl.N=C(N)c1ccccc1.O.O.O.O.O. The predicted octanol–water partition coefficient (Wildman–Crippen LogP) is -1.89. The lowest BCUT2D eigenvalue weighted by Gasteiger charge is -1.93. The highest BCUT2D eigenvalue weighted by atomic mass is 35.5. The number of nitrogens with one attached hydrogen (secondary N) is 1. The van der Waals surface area contributed by atoms with E-state index in [1.165, 1.54) is 0 Å². The van der Waals surface area contributed by atoms with Crippen LogP contribution in [-0.2, 0) is 0 Å². The van der Waals surface area contributed by atoms with Crippen LogP contribution in [0.3, 0.4) is 0 Å². The third kappa shape index (κ3) is 21.2. The molecule has 0 bridgehead atoms. The molecule has 10 heteroatoms. The topological polar surface area (TPSA) is 207 Å². The fourth-order valence-corrected chi connectivity index (χ4v) is 0.618. The molecule has 1 aromatic rings.